The zero-order valence-electron chi connectivity index (χ0n) is 10.5. The van der Waals surface area contributed by atoms with Gasteiger partial charge in [0.25, 0.3) is 0 Å². The monoisotopic (exact) mass is 248 g/mol. The van der Waals surface area contributed by atoms with Crippen LogP contribution in [0.5, 0.6) is 0 Å². The Balaban J connectivity index is 3.69. The van der Waals surface area contributed by atoms with E-state index in [1.807, 2.05) is 6.92 Å². The van der Waals surface area contributed by atoms with E-state index < -0.39 is 10.8 Å². The maximum atomic E-state index is 11.5. The molecular formula is C11H24N2O2S. The Bertz CT molecular complexity index is 234. The number of amides is 1. The Morgan fingerprint density at radius 3 is 2.50 bits per heavy atom. The lowest BCUT2D eigenvalue weighted by Crippen LogP contribution is -2.36. The van der Waals surface area contributed by atoms with Crippen LogP contribution in [-0.2, 0) is 15.6 Å². The normalized spacial score (nSPS) is 16.5. The molecule has 3 N–H and O–H groups in total. The first-order chi connectivity index (χ1) is 7.45. The first kappa shape index (κ1) is 15.6. The zero-order chi connectivity index (χ0) is 12.6. The van der Waals surface area contributed by atoms with Crippen molar-refractivity contribution in [3.05, 3.63) is 0 Å². The number of nitrogens with one attached hydrogen (secondary N) is 1. The molecule has 16 heavy (non-hydrogen) atoms. The van der Waals surface area contributed by atoms with Crippen molar-refractivity contribution in [2.45, 2.75) is 39.2 Å². The van der Waals surface area contributed by atoms with E-state index in [9.17, 15) is 9.00 Å². The molecule has 0 saturated carbocycles. The molecule has 0 heterocycles. The average Bonchev–Trinajstić information content (AvgIpc) is 2.13. The third-order valence-corrected chi connectivity index (χ3v) is 3.39. The molecule has 0 aromatic carbocycles. The Kier molecular flexibility index (Phi) is 8.47. The molecule has 0 rings (SSSR count). The molecule has 0 saturated heterocycles. The van der Waals surface area contributed by atoms with Crippen LogP contribution in [0.1, 0.15) is 33.1 Å². The number of rotatable bonds is 8. The molecule has 0 aromatic rings. The molecule has 0 spiro atoms. The molecule has 3 atom stereocenters. The molecule has 0 aliphatic carbocycles. The van der Waals surface area contributed by atoms with Gasteiger partial charge in [-0.1, -0.05) is 6.92 Å². The lowest BCUT2D eigenvalue weighted by Gasteiger charge is -2.14. The van der Waals surface area contributed by atoms with Gasteiger partial charge in [0.1, 0.15) is 0 Å². The second kappa shape index (κ2) is 8.70. The van der Waals surface area contributed by atoms with Crippen LogP contribution in [0.4, 0.5) is 0 Å². The van der Waals surface area contributed by atoms with E-state index in [4.69, 9.17) is 5.73 Å². The minimum absolute atomic E-state index is 0.0110. The number of hydrogen-bond acceptors (Lipinski definition) is 3. The smallest absolute Gasteiger partial charge is 0.220 e. The van der Waals surface area contributed by atoms with Gasteiger partial charge in [0.2, 0.25) is 5.91 Å². The average molecular weight is 248 g/mol. The van der Waals surface area contributed by atoms with Crippen molar-refractivity contribution in [3.63, 3.8) is 0 Å². The fourth-order valence-corrected chi connectivity index (χ4v) is 2.33. The number of nitrogens with two attached hydrogens (primary N) is 1. The van der Waals surface area contributed by atoms with Crippen LogP contribution in [0.25, 0.3) is 0 Å². The van der Waals surface area contributed by atoms with Crippen LogP contribution in [-0.4, -0.2) is 34.7 Å². The molecule has 0 aliphatic heterocycles. The first-order valence-corrected chi connectivity index (χ1v) is 7.47. The fourth-order valence-electron chi connectivity index (χ4n) is 1.55. The standard InChI is InChI=1S/C11H24N2O2S/c1-9(6-7-12)4-5-11(14)13-10(2)8-16(3)15/h9-10H,4-8,12H2,1-3H3,(H,13,14). The summed E-state index contributed by atoms with van der Waals surface area (Å²) >= 11 is 0. The largest absolute Gasteiger partial charge is 0.353 e. The summed E-state index contributed by atoms with van der Waals surface area (Å²) in [6, 6.07) is -0.0110. The molecule has 0 aliphatic rings. The maximum Gasteiger partial charge on any atom is 0.220 e. The van der Waals surface area contributed by atoms with Gasteiger partial charge in [-0.05, 0) is 32.2 Å². The molecule has 0 aromatic heterocycles. The van der Waals surface area contributed by atoms with Gasteiger partial charge >= 0.3 is 0 Å². The summed E-state index contributed by atoms with van der Waals surface area (Å²) in [6.45, 7) is 4.65. The van der Waals surface area contributed by atoms with Gasteiger partial charge in [-0.3, -0.25) is 9.00 Å². The molecular weight excluding hydrogens is 224 g/mol. The Labute approximate surface area is 101 Å². The quantitative estimate of drug-likeness (QED) is 0.662. The second-order valence-corrected chi connectivity index (χ2v) is 5.91. The van der Waals surface area contributed by atoms with Crippen LogP contribution < -0.4 is 11.1 Å². The highest BCUT2D eigenvalue weighted by Crippen LogP contribution is 2.08. The van der Waals surface area contributed by atoms with E-state index >= 15 is 0 Å². The summed E-state index contributed by atoms with van der Waals surface area (Å²) in [6.07, 6.45) is 4.00. The van der Waals surface area contributed by atoms with Crippen LogP contribution >= 0.6 is 0 Å². The van der Waals surface area contributed by atoms with Gasteiger partial charge in [-0.2, -0.15) is 0 Å². The summed E-state index contributed by atoms with van der Waals surface area (Å²) < 4.78 is 10.9. The predicted molar refractivity (Wildman–Crippen MR) is 68.6 cm³/mol. The Morgan fingerprint density at radius 2 is 2.00 bits per heavy atom. The van der Waals surface area contributed by atoms with Gasteiger partial charge in [0.15, 0.2) is 0 Å². The van der Waals surface area contributed by atoms with Crippen LogP contribution in [0.3, 0.4) is 0 Å². The van der Waals surface area contributed by atoms with Crippen LogP contribution in [0.2, 0.25) is 0 Å². The Morgan fingerprint density at radius 1 is 1.38 bits per heavy atom. The summed E-state index contributed by atoms with van der Waals surface area (Å²) in [5.74, 6) is 1.05. The topological polar surface area (TPSA) is 72.2 Å². The molecule has 5 heteroatoms. The molecule has 0 radical (unpaired) electrons. The predicted octanol–water partition coefficient (Wildman–Crippen LogP) is 0.635. The van der Waals surface area contributed by atoms with Crippen molar-refractivity contribution in [1.29, 1.82) is 0 Å². The lowest BCUT2D eigenvalue weighted by molar-refractivity contribution is -0.121. The van der Waals surface area contributed by atoms with Gasteiger partial charge in [-0.15, -0.1) is 0 Å². The van der Waals surface area contributed by atoms with E-state index in [0.717, 1.165) is 12.8 Å². The summed E-state index contributed by atoms with van der Waals surface area (Å²) in [5, 5.41) is 2.85. The van der Waals surface area contributed by atoms with Gasteiger partial charge < -0.3 is 11.1 Å². The highest BCUT2D eigenvalue weighted by molar-refractivity contribution is 7.84. The minimum atomic E-state index is -0.859. The lowest BCUT2D eigenvalue weighted by atomic mass is 10.0. The second-order valence-electron chi connectivity index (χ2n) is 4.43. The van der Waals surface area contributed by atoms with Gasteiger partial charge in [-0.25, -0.2) is 0 Å². The number of carbonyl (C=O) groups excluding carboxylic acids is 1. The van der Waals surface area contributed by atoms with Crippen molar-refractivity contribution in [3.8, 4) is 0 Å². The summed E-state index contributed by atoms with van der Waals surface area (Å²) in [4.78, 5) is 11.5. The summed E-state index contributed by atoms with van der Waals surface area (Å²) in [7, 11) is -0.859. The first-order valence-electron chi connectivity index (χ1n) is 5.75. The fraction of sp³-hybridized carbons (Fsp3) is 0.909. The van der Waals surface area contributed by atoms with Crippen LogP contribution in [0, 0.1) is 5.92 Å². The molecule has 3 unspecified atom stereocenters. The van der Waals surface area contributed by atoms with Crippen molar-refractivity contribution in [1.82, 2.24) is 5.32 Å². The highest BCUT2D eigenvalue weighted by atomic mass is 32.2. The van der Waals surface area contributed by atoms with Crippen molar-refractivity contribution >= 4 is 16.7 Å². The van der Waals surface area contributed by atoms with Gasteiger partial charge in [0, 0.05) is 35.3 Å². The SMILES string of the molecule is CC(CCN)CCC(=O)NC(C)CS(C)=O. The Hall–Kier alpha value is -0.420. The molecule has 0 fully saturated rings. The molecule has 96 valence electrons. The van der Waals surface area contributed by atoms with Crippen LogP contribution in [0.15, 0.2) is 0 Å². The maximum absolute atomic E-state index is 11.5. The van der Waals surface area contributed by atoms with E-state index in [2.05, 4.69) is 12.2 Å². The third-order valence-electron chi connectivity index (χ3n) is 2.42. The minimum Gasteiger partial charge on any atom is -0.353 e. The number of hydrogen-bond donors (Lipinski definition) is 2. The van der Waals surface area contributed by atoms with Crippen molar-refractivity contribution in [2.24, 2.45) is 11.7 Å². The van der Waals surface area contributed by atoms with E-state index in [1.165, 1.54) is 0 Å². The highest BCUT2D eigenvalue weighted by Gasteiger charge is 2.10. The van der Waals surface area contributed by atoms with Gasteiger partial charge in [0.05, 0.1) is 0 Å². The van der Waals surface area contributed by atoms with E-state index in [1.54, 1.807) is 6.26 Å². The zero-order valence-corrected chi connectivity index (χ0v) is 11.3. The molecule has 4 nitrogen and oxygen atoms in total. The number of carbonyl (C=O) groups is 1. The summed E-state index contributed by atoms with van der Waals surface area (Å²) in [5.41, 5.74) is 5.44. The molecule has 0 bridgehead atoms. The van der Waals surface area contributed by atoms with E-state index in [0.29, 0.717) is 24.6 Å². The molecule has 1 amide bonds. The third kappa shape index (κ3) is 8.85. The van der Waals surface area contributed by atoms with Crippen molar-refractivity contribution in [2.75, 3.05) is 18.6 Å². The van der Waals surface area contributed by atoms with E-state index in [-0.39, 0.29) is 11.9 Å². The van der Waals surface area contributed by atoms with Crippen molar-refractivity contribution < 1.29 is 9.00 Å².